The smallest absolute Gasteiger partial charge is 0.249 e. The first-order valence-electron chi connectivity index (χ1n) is 5.57. The summed E-state index contributed by atoms with van der Waals surface area (Å²) in [5.41, 5.74) is 0.876. The van der Waals surface area contributed by atoms with E-state index in [4.69, 9.17) is 21.1 Å². The van der Waals surface area contributed by atoms with Crippen LogP contribution in [0.15, 0.2) is 24.3 Å². The highest BCUT2D eigenvalue weighted by atomic mass is 35.5. The zero-order chi connectivity index (χ0) is 14.5. The summed E-state index contributed by atoms with van der Waals surface area (Å²) in [6.07, 6.45) is 0. The zero-order valence-corrected chi connectivity index (χ0v) is 11.5. The van der Waals surface area contributed by atoms with Crippen LogP contribution >= 0.6 is 11.6 Å². The first-order chi connectivity index (χ1) is 9.63. The molecule has 0 aliphatic heterocycles. The molecule has 0 N–H and O–H groups in total. The van der Waals surface area contributed by atoms with Gasteiger partial charge in [-0.2, -0.15) is 0 Å². The van der Waals surface area contributed by atoms with Crippen LogP contribution in [-0.4, -0.2) is 24.4 Å². The topological polar surface area (TPSA) is 44.2 Å². The molecule has 6 heteroatoms. The maximum atomic E-state index is 13.2. The number of aromatic nitrogens is 2. The lowest BCUT2D eigenvalue weighted by atomic mass is 10.2. The van der Waals surface area contributed by atoms with Gasteiger partial charge in [-0.1, -0.05) is 23.4 Å². The SMILES string of the molecule is COc1ccc(F)cc1C#Cc1cc(Cl)nnc1OC. The summed E-state index contributed by atoms with van der Waals surface area (Å²) in [6, 6.07) is 5.62. The van der Waals surface area contributed by atoms with Crippen molar-refractivity contribution in [3.63, 3.8) is 0 Å². The van der Waals surface area contributed by atoms with Gasteiger partial charge in [-0.3, -0.25) is 0 Å². The Morgan fingerprint density at radius 2 is 1.80 bits per heavy atom. The Balaban J connectivity index is 2.45. The molecule has 102 valence electrons. The third kappa shape index (κ3) is 3.16. The van der Waals surface area contributed by atoms with Gasteiger partial charge in [-0.05, 0) is 24.3 Å². The predicted octanol–water partition coefficient (Wildman–Crippen LogP) is 2.69. The molecule has 1 aromatic heterocycles. The molecule has 0 spiro atoms. The molecule has 0 bridgehead atoms. The molecule has 0 atom stereocenters. The van der Waals surface area contributed by atoms with Crippen LogP contribution in [0.3, 0.4) is 0 Å². The van der Waals surface area contributed by atoms with Gasteiger partial charge in [0.15, 0.2) is 5.15 Å². The van der Waals surface area contributed by atoms with Crippen LogP contribution in [-0.2, 0) is 0 Å². The van der Waals surface area contributed by atoms with Crippen LogP contribution < -0.4 is 9.47 Å². The Hall–Kier alpha value is -2.32. The van der Waals surface area contributed by atoms with E-state index >= 15 is 0 Å². The third-order valence-electron chi connectivity index (χ3n) is 2.42. The minimum atomic E-state index is -0.395. The minimum absolute atomic E-state index is 0.196. The fraction of sp³-hybridized carbons (Fsp3) is 0.143. The van der Waals surface area contributed by atoms with Crippen molar-refractivity contribution in [1.82, 2.24) is 10.2 Å². The van der Waals surface area contributed by atoms with E-state index in [9.17, 15) is 4.39 Å². The van der Waals surface area contributed by atoms with E-state index in [1.54, 1.807) is 0 Å². The summed E-state index contributed by atoms with van der Waals surface area (Å²) < 4.78 is 23.4. The minimum Gasteiger partial charge on any atom is -0.495 e. The molecule has 0 radical (unpaired) electrons. The first kappa shape index (κ1) is 14.1. The van der Waals surface area contributed by atoms with Crippen molar-refractivity contribution in [2.24, 2.45) is 0 Å². The van der Waals surface area contributed by atoms with Crippen LogP contribution in [0.4, 0.5) is 4.39 Å². The van der Waals surface area contributed by atoms with Gasteiger partial charge in [-0.25, -0.2) is 4.39 Å². The number of hydrogen-bond acceptors (Lipinski definition) is 4. The summed E-state index contributed by atoms with van der Waals surface area (Å²) in [5.74, 6) is 5.95. The van der Waals surface area contributed by atoms with Crippen molar-refractivity contribution >= 4 is 11.6 Å². The monoisotopic (exact) mass is 292 g/mol. The van der Waals surface area contributed by atoms with Crippen LogP contribution in [0.25, 0.3) is 0 Å². The Morgan fingerprint density at radius 1 is 1.05 bits per heavy atom. The Morgan fingerprint density at radius 3 is 2.50 bits per heavy atom. The fourth-order valence-corrected chi connectivity index (χ4v) is 1.66. The Kier molecular flexibility index (Phi) is 4.38. The third-order valence-corrected chi connectivity index (χ3v) is 2.60. The van der Waals surface area contributed by atoms with Gasteiger partial charge in [0.1, 0.15) is 11.6 Å². The molecular formula is C14H10ClFN2O2. The van der Waals surface area contributed by atoms with Crippen LogP contribution in [0, 0.1) is 17.7 Å². The van der Waals surface area contributed by atoms with E-state index in [0.717, 1.165) is 0 Å². The van der Waals surface area contributed by atoms with Crippen molar-refractivity contribution in [3.05, 3.63) is 46.4 Å². The molecule has 1 aromatic carbocycles. The van der Waals surface area contributed by atoms with Gasteiger partial charge in [0.05, 0.1) is 25.3 Å². The van der Waals surface area contributed by atoms with Gasteiger partial charge in [0, 0.05) is 0 Å². The number of nitrogens with zero attached hydrogens (tertiary/aromatic N) is 2. The highest BCUT2D eigenvalue weighted by Crippen LogP contribution is 2.19. The quantitative estimate of drug-likeness (QED) is 0.798. The van der Waals surface area contributed by atoms with Crippen molar-refractivity contribution in [2.45, 2.75) is 0 Å². The maximum absolute atomic E-state index is 13.2. The molecule has 0 saturated carbocycles. The molecule has 0 aliphatic carbocycles. The second-order valence-corrected chi connectivity index (χ2v) is 4.07. The number of benzene rings is 1. The Bertz CT molecular complexity index is 638. The summed E-state index contributed by atoms with van der Waals surface area (Å²) in [7, 11) is 2.94. The number of rotatable bonds is 2. The predicted molar refractivity (Wildman–Crippen MR) is 72.5 cm³/mol. The number of methoxy groups -OCH3 is 2. The summed E-state index contributed by atoms with van der Waals surface area (Å²) in [4.78, 5) is 0. The average Bonchev–Trinajstić information content (AvgIpc) is 2.45. The normalized spacial score (nSPS) is 9.60. The van der Waals surface area contributed by atoms with Crippen molar-refractivity contribution in [1.29, 1.82) is 0 Å². The number of ether oxygens (including phenoxy) is 2. The fourth-order valence-electron chi connectivity index (χ4n) is 1.51. The standard InChI is InChI=1S/C14H10ClFN2O2/c1-19-12-6-5-11(16)7-9(12)3-4-10-8-13(15)17-18-14(10)20-2/h5-8H,1-2H3. The van der Waals surface area contributed by atoms with E-state index < -0.39 is 5.82 Å². The van der Waals surface area contributed by atoms with Gasteiger partial charge < -0.3 is 9.47 Å². The van der Waals surface area contributed by atoms with Gasteiger partial charge >= 0.3 is 0 Å². The molecule has 4 nitrogen and oxygen atoms in total. The number of hydrogen-bond donors (Lipinski definition) is 0. The molecule has 2 rings (SSSR count). The molecule has 0 saturated heterocycles. The van der Waals surface area contributed by atoms with Crippen LogP contribution in [0.2, 0.25) is 5.15 Å². The second-order valence-electron chi connectivity index (χ2n) is 3.68. The molecule has 1 heterocycles. The Labute approximate surface area is 120 Å². The molecular weight excluding hydrogens is 283 g/mol. The van der Waals surface area contributed by atoms with E-state index in [1.807, 2.05) is 0 Å². The lowest BCUT2D eigenvalue weighted by molar-refractivity contribution is 0.390. The van der Waals surface area contributed by atoms with E-state index in [-0.39, 0.29) is 11.0 Å². The van der Waals surface area contributed by atoms with Crippen molar-refractivity contribution < 1.29 is 13.9 Å². The molecule has 0 amide bonds. The highest BCUT2D eigenvalue weighted by Gasteiger charge is 2.05. The lowest BCUT2D eigenvalue weighted by Crippen LogP contribution is -1.95. The largest absolute Gasteiger partial charge is 0.495 e. The van der Waals surface area contributed by atoms with E-state index in [0.29, 0.717) is 16.9 Å². The molecule has 0 fully saturated rings. The van der Waals surface area contributed by atoms with Gasteiger partial charge in [0.2, 0.25) is 5.88 Å². The molecule has 20 heavy (non-hydrogen) atoms. The van der Waals surface area contributed by atoms with E-state index in [2.05, 4.69) is 22.0 Å². The maximum Gasteiger partial charge on any atom is 0.249 e. The van der Waals surface area contributed by atoms with Gasteiger partial charge in [-0.15, -0.1) is 10.2 Å². The first-order valence-corrected chi connectivity index (χ1v) is 5.94. The lowest BCUT2D eigenvalue weighted by Gasteiger charge is -2.03. The molecule has 0 aliphatic rings. The van der Waals surface area contributed by atoms with Gasteiger partial charge in [0.25, 0.3) is 0 Å². The van der Waals surface area contributed by atoms with Crippen molar-refractivity contribution in [3.8, 4) is 23.5 Å². The molecule has 0 unspecified atom stereocenters. The zero-order valence-electron chi connectivity index (χ0n) is 10.8. The summed E-state index contributed by atoms with van der Waals surface area (Å²) >= 11 is 5.76. The molecule has 2 aromatic rings. The van der Waals surface area contributed by atoms with E-state index in [1.165, 1.54) is 38.5 Å². The van der Waals surface area contributed by atoms with Crippen LogP contribution in [0.1, 0.15) is 11.1 Å². The van der Waals surface area contributed by atoms with Crippen LogP contribution in [0.5, 0.6) is 11.6 Å². The summed E-state index contributed by atoms with van der Waals surface area (Å²) in [5, 5.41) is 7.60. The number of halogens is 2. The average molecular weight is 293 g/mol. The summed E-state index contributed by atoms with van der Waals surface area (Å²) in [6.45, 7) is 0. The second kappa shape index (κ2) is 6.22. The highest BCUT2D eigenvalue weighted by molar-refractivity contribution is 6.29. The van der Waals surface area contributed by atoms with Crippen molar-refractivity contribution in [2.75, 3.05) is 14.2 Å².